The first-order valence-electron chi connectivity index (χ1n) is 10.7. The third-order valence-corrected chi connectivity index (χ3v) is 6.54. The first-order valence-corrected chi connectivity index (χ1v) is 10.7. The Bertz CT molecular complexity index is 1010. The second-order valence-corrected chi connectivity index (χ2v) is 8.79. The highest BCUT2D eigenvalue weighted by Crippen LogP contribution is 2.37. The number of hydrogen-bond acceptors (Lipinski definition) is 5. The van der Waals surface area contributed by atoms with Crippen LogP contribution in [0.4, 0.5) is 24.7 Å². The highest BCUT2D eigenvalue weighted by atomic mass is 19.4. The number of amides is 1. The van der Waals surface area contributed by atoms with Crippen LogP contribution < -0.4 is 11.1 Å². The number of carbonyl (C=O) groups is 1. The van der Waals surface area contributed by atoms with Gasteiger partial charge in [0.05, 0.1) is 11.6 Å². The molecule has 4 rings (SSSR count). The number of alkyl halides is 3. The molecule has 1 aromatic heterocycles. The van der Waals surface area contributed by atoms with Crippen LogP contribution in [0.3, 0.4) is 0 Å². The Morgan fingerprint density at radius 2 is 1.84 bits per heavy atom. The average Bonchev–Trinajstić information content (AvgIpc) is 3.11. The summed E-state index contributed by atoms with van der Waals surface area (Å²) < 4.78 is 39.9. The number of hydrogen-bond donors (Lipinski definition) is 3. The Balaban J connectivity index is 1.51. The van der Waals surface area contributed by atoms with Crippen LogP contribution in [0, 0.1) is 5.41 Å². The summed E-state index contributed by atoms with van der Waals surface area (Å²) in [5.74, 6) is -0.536. The molecule has 2 aromatic rings. The highest BCUT2D eigenvalue weighted by Gasteiger charge is 2.40. The molecular weight excluding hydrogens is 421 g/mol. The molecule has 1 saturated heterocycles. The fraction of sp³-hybridized carbons (Fsp3) is 0.500. The molecule has 2 fully saturated rings. The second-order valence-electron chi connectivity index (χ2n) is 8.79. The van der Waals surface area contributed by atoms with Crippen molar-refractivity contribution in [2.24, 2.45) is 5.73 Å². The zero-order valence-corrected chi connectivity index (χ0v) is 18.0. The Morgan fingerprint density at radius 3 is 2.38 bits per heavy atom. The normalized spacial score (nSPS) is 26.6. The number of nitrogens with zero attached hydrogens (tertiary/aromatic N) is 3. The van der Waals surface area contributed by atoms with Gasteiger partial charge < -0.3 is 16.5 Å². The molecule has 172 valence electrons. The van der Waals surface area contributed by atoms with Crippen molar-refractivity contribution >= 4 is 23.1 Å². The number of primary amides is 1. The number of benzene rings is 1. The quantitative estimate of drug-likeness (QED) is 0.634. The Morgan fingerprint density at radius 1 is 1.19 bits per heavy atom. The molecule has 32 heavy (non-hydrogen) atoms. The number of rotatable bonds is 5. The van der Waals surface area contributed by atoms with E-state index in [1.165, 1.54) is 24.8 Å². The van der Waals surface area contributed by atoms with Crippen molar-refractivity contribution in [2.45, 2.75) is 69.9 Å². The molecule has 2 heterocycles. The van der Waals surface area contributed by atoms with Crippen LogP contribution in [0.5, 0.6) is 0 Å². The lowest BCUT2D eigenvalue weighted by atomic mass is 9.83. The number of anilines is 2. The molecule has 0 unspecified atom stereocenters. The predicted octanol–water partition coefficient (Wildman–Crippen LogP) is 4.34. The van der Waals surface area contributed by atoms with E-state index in [4.69, 9.17) is 11.1 Å². The number of carbonyl (C=O) groups excluding carboxylic acids is 1. The molecule has 4 N–H and O–H groups in total. The fourth-order valence-corrected chi connectivity index (χ4v) is 5.02. The van der Waals surface area contributed by atoms with E-state index in [-0.39, 0.29) is 17.4 Å². The molecule has 0 radical (unpaired) electrons. The molecule has 7 nitrogen and oxygen atoms in total. The van der Waals surface area contributed by atoms with Gasteiger partial charge in [-0.3, -0.25) is 14.4 Å². The molecule has 1 amide bonds. The van der Waals surface area contributed by atoms with Crippen molar-refractivity contribution < 1.29 is 18.0 Å². The summed E-state index contributed by atoms with van der Waals surface area (Å²) in [4.78, 5) is 14.4. The van der Waals surface area contributed by atoms with Crippen LogP contribution in [0.2, 0.25) is 0 Å². The van der Waals surface area contributed by atoms with Gasteiger partial charge in [-0.2, -0.15) is 18.3 Å². The number of halogens is 3. The van der Waals surface area contributed by atoms with E-state index in [2.05, 4.69) is 29.2 Å². The molecule has 1 aromatic carbocycles. The average molecular weight is 448 g/mol. The van der Waals surface area contributed by atoms with Gasteiger partial charge in [-0.05, 0) is 57.4 Å². The molecule has 1 aliphatic heterocycles. The molecular formula is C22H27F3N6O. The van der Waals surface area contributed by atoms with Gasteiger partial charge in [0.25, 0.3) is 5.91 Å². The van der Waals surface area contributed by atoms with E-state index in [9.17, 15) is 18.0 Å². The summed E-state index contributed by atoms with van der Waals surface area (Å²) in [6, 6.07) is 5.59. The van der Waals surface area contributed by atoms with Crippen LogP contribution in [0.25, 0.3) is 0 Å². The van der Waals surface area contributed by atoms with Gasteiger partial charge in [0, 0.05) is 42.1 Å². The van der Waals surface area contributed by atoms with Crippen molar-refractivity contribution in [1.82, 2.24) is 14.7 Å². The van der Waals surface area contributed by atoms with Gasteiger partial charge in [-0.1, -0.05) is 0 Å². The zero-order valence-electron chi connectivity index (χ0n) is 18.0. The zero-order chi connectivity index (χ0) is 23.2. The van der Waals surface area contributed by atoms with Crippen molar-refractivity contribution in [3.05, 3.63) is 41.6 Å². The molecule has 1 saturated carbocycles. The van der Waals surface area contributed by atoms with Gasteiger partial charge in [0.15, 0.2) is 5.82 Å². The SMILES string of the molecule is C[C@@H]1C[C@@H](C)N1[C@H]1CC[C@H](n2cc(C(N)=O)c(Nc3ccc(C(F)(F)F)cc3)n2)C(=N)C1. The van der Waals surface area contributed by atoms with E-state index >= 15 is 0 Å². The Kier molecular flexibility index (Phi) is 5.74. The van der Waals surface area contributed by atoms with Crippen LogP contribution in [-0.2, 0) is 6.18 Å². The van der Waals surface area contributed by atoms with E-state index in [1.54, 1.807) is 4.68 Å². The smallest absolute Gasteiger partial charge is 0.365 e. The van der Waals surface area contributed by atoms with Crippen LogP contribution in [0.15, 0.2) is 30.5 Å². The topological polar surface area (TPSA) is 100 Å². The minimum absolute atomic E-state index is 0.129. The lowest BCUT2D eigenvalue weighted by Gasteiger charge is -2.52. The summed E-state index contributed by atoms with van der Waals surface area (Å²) in [7, 11) is 0. The van der Waals surface area contributed by atoms with Gasteiger partial charge in [-0.15, -0.1) is 0 Å². The molecule has 2 aliphatic rings. The number of aromatic nitrogens is 2. The van der Waals surface area contributed by atoms with Crippen molar-refractivity contribution in [3.63, 3.8) is 0 Å². The summed E-state index contributed by atoms with van der Waals surface area (Å²) in [5, 5.41) is 15.9. The molecule has 1 aliphatic carbocycles. The highest BCUT2D eigenvalue weighted by molar-refractivity contribution is 5.98. The van der Waals surface area contributed by atoms with Gasteiger partial charge >= 0.3 is 6.18 Å². The first-order chi connectivity index (χ1) is 15.0. The van der Waals surface area contributed by atoms with Crippen LogP contribution in [0.1, 0.15) is 61.5 Å². The summed E-state index contributed by atoms with van der Waals surface area (Å²) >= 11 is 0. The molecule has 4 atom stereocenters. The maximum absolute atomic E-state index is 12.8. The van der Waals surface area contributed by atoms with Crippen LogP contribution in [-0.4, -0.2) is 44.4 Å². The van der Waals surface area contributed by atoms with E-state index in [0.29, 0.717) is 35.9 Å². The standard InChI is InChI=1S/C22H27F3N6O/c1-12-9-13(2)31(12)16-7-8-19(18(26)10-16)30-11-17(20(27)32)21(29-30)28-15-5-3-14(4-6-15)22(23,24)25/h3-6,11-13,16,19,26H,7-10H2,1-2H3,(H2,27,32)(H,28,29)/t12-,13-,16+,19+/m1/s1. The number of nitrogens with two attached hydrogens (primary N) is 1. The lowest BCUT2D eigenvalue weighted by Crippen LogP contribution is -2.59. The summed E-state index contributed by atoms with van der Waals surface area (Å²) in [5.41, 5.74) is 5.77. The third kappa shape index (κ3) is 4.23. The van der Waals surface area contributed by atoms with E-state index in [0.717, 1.165) is 25.0 Å². The van der Waals surface area contributed by atoms with Crippen LogP contribution >= 0.6 is 0 Å². The van der Waals surface area contributed by atoms with Gasteiger partial charge in [0.1, 0.15) is 5.56 Å². The van der Waals surface area contributed by atoms with E-state index in [1.807, 2.05) is 0 Å². The number of likely N-dealkylation sites (tertiary alicyclic amines) is 1. The molecule has 10 heteroatoms. The second kappa shape index (κ2) is 8.23. The minimum atomic E-state index is -4.43. The van der Waals surface area contributed by atoms with Crippen molar-refractivity contribution in [2.75, 3.05) is 5.32 Å². The molecule has 0 spiro atoms. The third-order valence-electron chi connectivity index (χ3n) is 6.54. The largest absolute Gasteiger partial charge is 0.416 e. The van der Waals surface area contributed by atoms with Gasteiger partial charge in [0.2, 0.25) is 0 Å². The number of nitrogens with one attached hydrogen (secondary N) is 2. The maximum atomic E-state index is 12.8. The maximum Gasteiger partial charge on any atom is 0.416 e. The summed E-state index contributed by atoms with van der Waals surface area (Å²) in [6.07, 6.45) is 0.556. The summed E-state index contributed by atoms with van der Waals surface area (Å²) in [6.45, 7) is 4.42. The van der Waals surface area contributed by atoms with Crippen molar-refractivity contribution in [3.8, 4) is 0 Å². The minimum Gasteiger partial charge on any atom is -0.365 e. The first kappa shape index (κ1) is 22.3. The predicted molar refractivity (Wildman–Crippen MR) is 115 cm³/mol. The Hall–Kier alpha value is -2.88. The Labute approximate surface area is 184 Å². The van der Waals surface area contributed by atoms with E-state index < -0.39 is 17.6 Å². The molecule has 0 bridgehead atoms. The van der Waals surface area contributed by atoms with Gasteiger partial charge in [-0.25, -0.2) is 0 Å². The monoisotopic (exact) mass is 448 g/mol. The lowest BCUT2D eigenvalue weighted by molar-refractivity contribution is -0.137. The fourth-order valence-electron chi connectivity index (χ4n) is 5.02. The van der Waals surface area contributed by atoms with Crippen molar-refractivity contribution in [1.29, 1.82) is 5.41 Å².